The van der Waals surface area contributed by atoms with Crippen molar-refractivity contribution in [1.29, 1.82) is 0 Å². The number of hydrogen-bond donors (Lipinski definition) is 3. The normalized spacial score (nSPS) is 17.8. The summed E-state index contributed by atoms with van der Waals surface area (Å²) in [6, 6.07) is 0. The van der Waals surface area contributed by atoms with Crippen LogP contribution in [-0.2, 0) is 0 Å². The summed E-state index contributed by atoms with van der Waals surface area (Å²) in [5, 5.41) is 16.2. The van der Waals surface area contributed by atoms with Crippen molar-refractivity contribution < 1.29 is 5.11 Å². The van der Waals surface area contributed by atoms with E-state index in [0.717, 1.165) is 37.3 Å². The fourth-order valence-corrected chi connectivity index (χ4v) is 3.27. The van der Waals surface area contributed by atoms with Crippen LogP contribution in [0.5, 0.6) is 0 Å². The molecule has 6 heteroatoms. The Morgan fingerprint density at radius 2 is 2.05 bits per heavy atom. The fourth-order valence-electron chi connectivity index (χ4n) is 3.05. The van der Waals surface area contributed by atoms with Gasteiger partial charge in [-0.1, -0.05) is 30.9 Å². The van der Waals surface area contributed by atoms with E-state index in [-0.39, 0.29) is 12.0 Å². The summed E-state index contributed by atoms with van der Waals surface area (Å²) in [5.41, 5.74) is 0.902. The number of nitrogens with one attached hydrogen (secondary N) is 2. The standard InChI is InChI=1S/C14H23ClN4O/c1-16-11-12(15)18-10-19-13(11)17-9-14(7-8-20)5-3-2-4-6-14/h10,16,20H,2-9H2,1H3,(H,17,18,19). The van der Waals surface area contributed by atoms with Crippen molar-refractivity contribution in [2.75, 3.05) is 30.8 Å². The summed E-state index contributed by atoms with van der Waals surface area (Å²) in [6.07, 6.45) is 8.41. The third-order valence-electron chi connectivity index (χ3n) is 4.24. The molecule has 0 aliphatic heterocycles. The second-order valence-corrected chi connectivity index (χ2v) is 5.88. The van der Waals surface area contributed by atoms with Crippen molar-refractivity contribution >= 4 is 23.1 Å². The SMILES string of the molecule is CNc1c(Cl)ncnc1NCC1(CCO)CCCCC1. The third kappa shape index (κ3) is 3.52. The van der Waals surface area contributed by atoms with Gasteiger partial charge in [0.05, 0.1) is 0 Å². The minimum absolute atomic E-state index is 0.176. The molecule has 0 atom stereocenters. The highest BCUT2D eigenvalue weighted by atomic mass is 35.5. The van der Waals surface area contributed by atoms with Gasteiger partial charge in [0, 0.05) is 20.2 Å². The first kappa shape index (κ1) is 15.3. The maximum absolute atomic E-state index is 9.34. The molecule has 0 unspecified atom stereocenters. The number of rotatable bonds is 6. The number of aliphatic hydroxyl groups excluding tert-OH is 1. The first-order valence-electron chi connectivity index (χ1n) is 7.24. The van der Waals surface area contributed by atoms with Crippen molar-refractivity contribution in [3.8, 4) is 0 Å². The lowest BCUT2D eigenvalue weighted by molar-refractivity contribution is 0.141. The van der Waals surface area contributed by atoms with Gasteiger partial charge in [0.1, 0.15) is 12.0 Å². The monoisotopic (exact) mass is 298 g/mol. The molecule has 2 rings (SSSR count). The summed E-state index contributed by atoms with van der Waals surface area (Å²) in [6.45, 7) is 1.06. The van der Waals surface area contributed by atoms with E-state index in [1.165, 1.54) is 25.6 Å². The molecule has 0 saturated heterocycles. The smallest absolute Gasteiger partial charge is 0.157 e. The number of aromatic nitrogens is 2. The van der Waals surface area contributed by atoms with Crippen molar-refractivity contribution in [3.63, 3.8) is 0 Å². The topological polar surface area (TPSA) is 70.1 Å². The minimum atomic E-state index is 0.176. The molecule has 0 radical (unpaired) electrons. The average molecular weight is 299 g/mol. The van der Waals surface area contributed by atoms with E-state index in [1.54, 1.807) is 7.05 Å². The highest BCUT2D eigenvalue weighted by Gasteiger charge is 2.31. The molecular weight excluding hydrogens is 276 g/mol. The molecule has 0 spiro atoms. The van der Waals surface area contributed by atoms with Crippen LogP contribution >= 0.6 is 11.6 Å². The van der Waals surface area contributed by atoms with Gasteiger partial charge in [-0.15, -0.1) is 0 Å². The lowest BCUT2D eigenvalue weighted by Gasteiger charge is -2.37. The van der Waals surface area contributed by atoms with Gasteiger partial charge in [-0.05, 0) is 24.7 Å². The van der Waals surface area contributed by atoms with E-state index in [9.17, 15) is 5.11 Å². The van der Waals surface area contributed by atoms with Crippen LogP contribution in [0, 0.1) is 5.41 Å². The predicted octanol–water partition coefficient (Wildman–Crippen LogP) is 2.92. The Morgan fingerprint density at radius 3 is 2.70 bits per heavy atom. The molecule has 1 aliphatic carbocycles. The molecule has 0 amide bonds. The molecule has 20 heavy (non-hydrogen) atoms. The highest BCUT2D eigenvalue weighted by molar-refractivity contribution is 6.32. The molecule has 1 aromatic heterocycles. The number of anilines is 2. The third-order valence-corrected chi connectivity index (χ3v) is 4.52. The van der Waals surface area contributed by atoms with Crippen LogP contribution in [0.4, 0.5) is 11.5 Å². The largest absolute Gasteiger partial charge is 0.396 e. The first-order valence-corrected chi connectivity index (χ1v) is 7.61. The summed E-state index contributed by atoms with van der Waals surface area (Å²) >= 11 is 6.05. The molecular formula is C14H23ClN4O. The Morgan fingerprint density at radius 1 is 1.30 bits per heavy atom. The van der Waals surface area contributed by atoms with Crippen LogP contribution in [0.3, 0.4) is 0 Å². The molecule has 0 bridgehead atoms. The van der Waals surface area contributed by atoms with E-state index >= 15 is 0 Å². The van der Waals surface area contributed by atoms with Crippen molar-refractivity contribution in [1.82, 2.24) is 9.97 Å². The van der Waals surface area contributed by atoms with E-state index in [4.69, 9.17) is 11.6 Å². The Hall–Kier alpha value is -1.07. The Kier molecular flexibility index (Phi) is 5.43. The quantitative estimate of drug-likeness (QED) is 0.705. The average Bonchev–Trinajstić information content (AvgIpc) is 2.46. The lowest BCUT2D eigenvalue weighted by Crippen LogP contribution is -2.33. The van der Waals surface area contributed by atoms with Gasteiger partial charge < -0.3 is 15.7 Å². The zero-order valence-electron chi connectivity index (χ0n) is 12.0. The van der Waals surface area contributed by atoms with E-state index in [2.05, 4.69) is 20.6 Å². The van der Waals surface area contributed by atoms with Crippen LogP contribution in [0.25, 0.3) is 0 Å². The molecule has 5 nitrogen and oxygen atoms in total. The van der Waals surface area contributed by atoms with E-state index < -0.39 is 0 Å². The van der Waals surface area contributed by atoms with Gasteiger partial charge in [0.15, 0.2) is 11.0 Å². The number of hydrogen-bond acceptors (Lipinski definition) is 5. The zero-order valence-corrected chi connectivity index (χ0v) is 12.7. The molecule has 112 valence electrons. The van der Waals surface area contributed by atoms with Crippen LogP contribution < -0.4 is 10.6 Å². The molecule has 1 aliphatic rings. The van der Waals surface area contributed by atoms with Crippen molar-refractivity contribution in [3.05, 3.63) is 11.5 Å². The Bertz CT molecular complexity index is 430. The van der Waals surface area contributed by atoms with Gasteiger partial charge in [-0.25, -0.2) is 9.97 Å². The number of halogens is 1. The maximum Gasteiger partial charge on any atom is 0.157 e. The molecule has 1 heterocycles. The van der Waals surface area contributed by atoms with Crippen LogP contribution in [0.1, 0.15) is 38.5 Å². The van der Waals surface area contributed by atoms with E-state index in [1.807, 2.05) is 0 Å². The highest BCUT2D eigenvalue weighted by Crippen LogP contribution is 2.39. The van der Waals surface area contributed by atoms with Gasteiger partial charge in [-0.2, -0.15) is 0 Å². The lowest BCUT2D eigenvalue weighted by atomic mass is 9.72. The molecule has 1 saturated carbocycles. The van der Waals surface area contributed by atoms with Crippen molar-refractivity contribution in [2.24, 2.45) is 5.41 Å². The van der Waals surface area contributed by atoms with Crippen LogP contribution in [-0.4, -0.2) is 35.3 Å². The molecule has 1 fully saturated rings. The second kappa shape index (κ2) is 7.09. The summed E-state index contributed by atoms with van der Waals surface area (Å²) in [7, 11) is 1.81. The fraction of sp³-hybridized carbons (Fsp3) is 0.714. The summed E-state index contributed by atoms with van der Waals surface area (Å²) in [5.74, 6) is 0.732. The first-order chi connectivity index (χ1) is 9.71. The molecule has 1 aromatic rings. The summed E-state index contributed by atoms with van der Waals surface area (Å²) in [4.78, 5) is 8.23. The minimum Gasteiger partial charge on any atom is -0.396 e. The van der Waals surface area contributed by atoms with Crippen molar-refractivity contribution in [2.45, 2.75) is 38.5 Å². The van der Waals surface area contributed by atoms with Crippen LogP contribution in [0.15, 0.2) is 6.33 Å². The summed E-state index contributed by atoms with van der Waals surface area (Å²) < 4.78 is 0. The van der Waals surface area contributed by atoms with E-state index in [0.29, 0.717) is 5.15 Å². The Labute approximate surface area is 125 Å². The van der Waals surface area contributed by atoms with Gasteiger partial charge in [-0.3, -0.25) is 0 Å². The number of aliphatic hydroxyl groups is 1. The van der Waals surface area contributed by atoms with Gasteiger partial charge >= 0.3 is 0 Å². The predicted molar refractivity (Wildman–Crippen MR) is 82.3 cm³/mol. The molecule has 3 N–H and O–H groups in total. The Balaban J connectivity index is 2.07. The zero-order chi connectivity index (χ0) is 14.4. The van der Waals surface area contributed by atoms with Crippen LogP contribution in [0.2, 0.25) is 5.15 Å². The van der Waals surface area contributed by atoms with Gasteiger partial charge in [0.25, 0.3) is 0 Å². The maximum atomic E-state index is 9.34. The number of nitrogens with zero attached hydrogens (tertiary/aromatic N) is 2. The molecule has 0 aromatic carbocycles. The second-order valence-electron chi connectivity index (χ2n) is 5.53. The van der Waals surface area contributed by atoms with Gasteiger partial charge in [0.2, 0.25) is 0 Å².